The van der Waals surface area contributed by atoms with Gasteiger partial charge in [0.1, 0.15) is 24.2 Å². The van der Waals surface area contributed by atoms with Gasteiger partial charge in [0.05, 0.1) is 50.1 Å². The summed E-state index contributed by atoms with van der Waals surface area (Å²) in [5, 5.41) is 5.25. The van der Waals surface area contributed by atoms with E-state index in [1.165, 1.54) is 14.2 Å². The zero-order valence-corrected chi connectivity index (χ0v) is 32.0. The van der Waals surface area contributed by atoms with Gasteiger partial charge in [-0.15, -0.1) is 0 Å². The van der Waals surface area contributed by atoms with Gasteiger partial charge in [-0.3, -0.25) is 9.59 Å². The molecule has 0 spiro atoms. The molecule has 4 N–H and O–H groups in total. The molecule has 2 saturated heterocycles. The maximum absolute atomic E-state index is 13.9. The zero-order valence-electron chi connectivity index (χ0n) is 32.0. The van der Waals surface area contributed by atoms with Crippen molar-refractivity contribution >= 4 is 24.0 Å². The van der Waals surface area contributed by atoms with Gasteiger partial charge in [-0.05, 0) is 79.5 Å². The van der Waals surface area contributed by atoms with Crippen LogP contribution in [0, 0.1) is 11.8 Å². The number of H-pyrrole nitrogens is 2. The monoisotopic (exact) mass is 750 g/mol. The third-order valence-electron chi connectivity index (χ3n) is 11.3. The Bertz CT molecular complexity index is 2010. The van der Waals surface area contributed by atoms with E-state index in [4.69, 9.17) is 14.7 Å². The third kappa shape index (κ3) is 7.94. The van der Waals surface area contributed by atoms with Crippen molar-refractivity contribution in [1.29, 1.82) is 0 Å². The lowest BCUT2D eigenvalue weighted by Crippen LogP contribution is -2.55. The van der Waals surface area contributed by atoms with E-state index in [0.29, 0.717) is 5.92 Å². The van der Waals surface area contributed by atoms with Gasteiger partial charge in [0.25, 0.3) is 0 Å². The van der Waals surface area contributed by atoms with Crippen LogP contribution in [-0.2, 0) is 19.1 Å². The Balaban J connectivity index is 1.02. The highest BCUT2D eigenvalue weighted by atomic mass is 16.5. The van der Waals surface area contributed by atoms with E-state index < -0.39 is 18.2 Å². The van der Waals surface area contributed by atoms with Crippen LogP contribution in [0.5, 0.6) is 0 Å². The number of hydrogen-bond donors (Lipinski definition) is 4. The van der Waals surface area contributed by atoms with Crippen LogP contribution in [-0.4, -0.2) is 92.6 Å². The molecule has 0 bridgehead atoms. The number of amides is 4. The van der Waals surface area contributed by atoms with Crippen molar-refractivity contribution in [3.63, 3.8) is 0 Å². The van der Waals surface area contributed by atoms with E-state index in [9.17, 15) is 19.2 Å². The van der Waals surface area contributed by atoms with Crippen LogP contribution in [0.4, 0.5) is 9.59 Å². The number of ether oxygens (including phenoxy) is 2. The number of benzene rings is 2. The standard InChI is InChI=1S/C41H50N8O6/c1-23(2)36(47-41(53)55-5)39(51)48-24(3)7-6-8-32(48)37-42-20-30(45-37)27-13-9-25(10-14-27)26-11-15-28(16-12-26)31-21-43-38(46-31)33-18-17-29-19-34(29)49(33)35(50)22-44-40(52)54-4/h9-16,20-21,23-24,29,32-34,36H,6-8,17-19,22H2,1-5H3,(H,42,45)(H,43,46)(H,44,52)(H,47,53)/t24?,29?,32-,33?,34?,36?/m0/s1. The molecule has 290 valence electrons. The summed E-state index contributed by atoms with van der Waals surface area (Å²) in [6, 6.07) is 15.6. The largest absolute Gasteiger partial charge is 0.453 e. The van der Waals surface area contributed by atoms with Gasteiger partial charge in [-0.25, -0.2) is 19.6 Å². The van der Waals surface area contributed by atoms with Gasteiger partial charge in [0, 0.05) is 12.1 Å². The molecule has 2 aromatic carbocycles. The Morgan fingerprint density at radius 3 is 1.85 bits per heavy atom. The number of hydrogen-bond acceptors (Lipinski definition) is 8. The number of rotatable bonds is 10. The molecule has 4 amide bonds. The summed E-state index contributed by atoms with van der Waals surface area (Å²) in [6.45, 7) is 5.77. The number of carbonyl (C=O) groups is 4. The first kappa shape index (κ1) is 37.6. The fourth-order valence-corrected chi connectivity index (χ4v) is 8.24. The molecular weight excluding hydrogens is 701 g/mol. The summed E-state index contributed by atoms with van der Waals surface area (Å²) in [5.41, 5.74) is 5.82. The van der Waals surface area contributed by atoms with Crippen LogP contribution < -0.4 is 10.6 Å². The smallest absolute Gasteiger partial charge is 0.407 e. The quantitative estimate of drug-likeness (QED) is 0.145. The SMILES string of the molecule is COC(=O)NCC(=O)N1C(c2ncc(-c3ccc(-c4ccc(-c5cnc([C@@H]6CCCC(C)N6C(=O)C(NC(=O)OC)C(C)C)[nH]5)cc4)cc3)[nH]2)CCC2CC21. The number of piperidine rings is 2. The van der Waals surface area contributed by atoms with E-state index in [-0.39, 0.29) is 48.4 Å². The molecule has 4 heterocycles. The number of imidazole rings is 2. The predicted molar refractivity (Wildman–Crippen MR) is 205 cm³/mol. The van der Waals surface area contributed by atoms with Crippen LogP contribution in [0.1, 0.15) is 83.0 Å². The van der Waals surface area contributed by atoms with E-state index in [1.54, 1.807) is 0 Å². The van der Waals surface area contributed by atoms with Crippen molar-refractivity contribution in [2.45, 2.75) is 89.5 Å². The Labute approximate surface area is 320 Å². The minimum atomic E-state index is -0.706. The molecule has 0 radical (unpaired) electrons. The van der Waals surface area contributed by atoms with E-state index >= 15 is 0 Å². The lowest BCUT2D eigenvalue weighted by molar-refractivity contribution is -0.141. The number of methoxy groups -OCH3 is 2. The van der Waals surface area contributed by atoms with Crippen molar-refractivity contribution in [3.8, 4) is 33.6 Å². The summed E-state index contributed by atoms with van der Waals surface area (Å²) in [6.07, 6.45) is 7.86. The summed E-state index contributed by atoms with van der Waals surface area (Å²) >= 11 is 0. The fraction of sp³-hybridized carbons (Fsp3) is 0.463. The van der Waals surface area contributed by atoms with Crippen molar-refractivity contribution in [1.82, 2.24) is 40.4 Å². The fourth-order valence-electron chi connectivity index (χ4n) is 8.24. The molecule has 14 heteroatoms. The molecular formula is C41H50N8O6. The predicted octanol–water partition coefficient (Wildman–Crippen LogP) is 6.36. The number of carbonyl (C=O) groups excluding carboxylic acids is 4. The lowest BCUT2D eigenvalue weighted by atomic mass is 9.93. The zero-order chi connectivity index (χ0) is 38.8. The average molecular weight is 751 g/mol. The molecule has 3 aliphatic rings. The lowest BCUT2D eigenvalue weighted by Gasteiger charge is -2.42. The van der Waals surface area contributed by atoms with E-state index in [0.717, 1.165) is 83.8 Å². The van der Waals surface area contributed by atoms with Gasteiger partial charge >= 0.3 is 12.2 Å². The summed E-state index contributed by atoms with van der Waals surface area (Å²) in [5.74, 6) is 1.61. The molecule has 55 heavy (non-hydrogen) atoms. The number of fused-ring (bicyclic) bond motifs is 1. The molecule has 1 aliphatic carbocycles. The Kier molecular flexibility index (Phi) is 10.9. The molecule has 6 atom stereocenters. The van der Waals surface area contributed by atoms with Crippen molar-refractivity contribution in [3.05, 3.63) is 72.6 Å². The Morgan fingerprint density at radius 2 is 1.31 bits per heavy atom. The highest BCUT2D eigenvalue weighted by Crippen LogP contribution is 2.49. The molecule has 1 saturated carbocycles. The summed E-state index contributed by atoms with van der Waals surface area (Å²) in [7, 11) is 2.58. The topological polar surface area (TPSA) is 175 Å². The van der Waals surface area contributed by atoms with Crippen LogP contribution in [0.3, 0.4) is 0 Å². The Hall–Kier alpha value is -5.66. The van der Waals surface area contributed by atoms with Crippen LogP contribution in [0.25, 0.3) is 33.6 Å². The van der Waals surface area contributed by atoms with Gasteiger partial charge in [-0.1, -0.05) is 62.4 Å². The normalized spacial score (nSPS) is 22.4. The highest BCUT2D eigenvalue weighted by Gasteiger charge is 2.51. The summed E-state index contributed by atoms with van der Waals surface area (Å²) in [4.78, 5) is 70.9. The first-order chi connectivity index (χ1) is 26.6. The molecule has 14 nitrogen and oxygen atoms in total. The highest BCUT2D eigenvalue weighted by molar-refractivity contribution is 5.86. The molecule has 4 aromatic rings. The van der Waals surface area contributed by atoms with Crippen molar-refractivity contribution in [2.24, 2.45) is 11.8 Å². The van der Waals surface area contributed by atoms with Gasteiger partial charge in [-0.2, -0.15) is 0 Å². The number of aromatic nitrogens is 4. The minimum Gasteiger partial charge on any atom is -0.453 e. The molecule has 2 aliphatic heterocycles. The van der Waals surface area contributed by atoms with Gasteiger partial charge in [0.2, 0.25) is 11.8 Å². The van der Waals surface area contributed by atoms with Crippen LogP contribution in [0.15, 0.2) is 60.9 Å². The van der Waals surface area contributed by atoms with Gasteiger partial charge in [0.15, 0.2) is 0 Å². The summed E-state index contributed by atoms with van der Waals surface area (Å²) < 4.78 is 9.44. The first-order valence-electron chi connectivity index (χ1n) is 19.2. The second-order valence-corrected chi connectivity index (χ2v) is 15.2. The number of alkyl carbamates (subject to hydrolysis) is 2. The first-order valence-corrected chi connectivity index (χ1v) is 19.2. The molecule has 3 fully saturated rings. The van der Waals surface area contributed by atoms with Crippen LogP contribution >= 0.6 is 0 Å². The van der Waals surface area contributed by atoms with Crippen LogP contribution in [0.2, 0.25) is 0 Å². The van der Waals surface area contributed by atoms with E-state index in [1.807, 2.05) is 43.0 Å². The second kappa shape index (κ2) is 16.0. The molecule has 5 unspecified atom stereocenters. The van der Waals surface area contributed by atoms with Crippen molar-refractivity contribution < 1.29 is 28.7 Å². The maximum atomic E-state index is 13.9. The van der Waals surface area contributed by atoms with Gasteiger partial charge < -0.3 is 39.9 Å². The number of nitrogens with one attached hydrogen (secondary N) is 4. The average Bonchev–Trinajstić information content (AvgIpc) is 3.55. The molecule has 7 rings (SSSR count). The number of nitrogens with zero attached hydrogens (tertiary/aromatic N) is 4. The number of likely N-dealkylation sites (tertiary alicyclic amines) is 2. The Morgan fingerprint density at radius 1 is 0.764 bits per heavy atom. The van der Waals surface area contributed by atoms with E-state index in [2.05, 4.69) is 73.9 Å². The molecule has 2 aromatic heterocycles. The second-order valence-electron chi connectivity index (χ2n) is 15.2. The third-order valence-corrected chi connectivity index (χ3v) is 11.3. The van der Waals surface area contributed by atoms with Crippen molar-refractivity contribution in [2.75, 3.05) is 20.8 Å². The number of aromatic amines is 2. The maximum Gasteiger partial charge on any atom is 0.407 e. The minimum absolute atomic E-state index is 0.00646.